The van der Waals surface area contributed by atoms with E-state index in [1.54, 1.807) is 0 Å². The second kappa shape index (κ2) is 3.87. The number of anilines is 1. The first-order chi connectivity index (χ1) is 8.59. The molecule has 1 heterocycles. The van der Waals surface area contributed by atoms with Crippen LogP contribution in [0.1, 0.15) is 28.9 Å². The number of aromatic nitrogens is 1. The number of carbonyl (C=O) groups is 1. The van der Waals surface area contributed by atoms with E-state index in [1.165, 1.54) is 11.2 Å². The molecule has 0 radical (unpaired) electrons. The van der Waals surface area contributed by atoms with E-state index in [9.17, 15) is 4.79 Å². The average molecular weight is 242 g/mol. The Bertz CT molecular complexity index is 637. The highest BCUT2D eigenvalue weighted by Gasteiger charge is 2.24. The molecular formula is C15H18N2O. The minimum absolute atomic E-state index is 0.303. The van der Waals surface area contributed by atoms with Crippen molar-refractivity contribution in [1.29, 1.82) is 0 Å². The highest BCUT2D eigenvalue weighted by Crippen LogP contribution is 2.33. The van der Waals surface area contributed by atoms with Gasteiger partial charge in [-0.2, -0.15) is 0 Å². The van der Waals surface area contributed by atoms with Crippen LogP contribution in [0, 0.1) is 0 Å². The number of carbonyl (C=O) groups excluding carboxylic acids is 1. The zero-order valence-corrected chi connectivity index (χ0v) is 11.2. The summed E-state index contributed by atoms with van der Waals surface area (Å²) in [6, 6.07) is 6.37. The fraction of sp³-hybridized carbons (Fsp3) is 0.400. The normalized spacial score (nSPS) is 14.9. The summed E-state index contributed by atoms with van der Waals surface area (Å²) in [5, 5.41) is 1.11. The van der Waals surface area contributed by atoms with E-state index in [2.05, 4.69) is 34.7 Å². The van der Waals surface area contributed by atoms with Crippen LogP contribution in [0.4, 0.5) is 5.69 Å². The Kier molecular flexibility index (Phi) is 2.44. The highest BCUT2D eigenvalue weighted by atomic mass is 16.1. The van der Waals surface area contributed by atoms with Crippen LogP contribution >= 0.6 is 0 Å². The molecule has 0 saturated carbocycles. The van der Waals surface area contributed by atoms with Gasteiger partial charge in [-0.3, -0.25) is 4.79 Å². The first-order valence-corrected chi connectivity index (χ1v) is 6.41. The molecule has 0 N–H and O–H groups in total. The number of nitrogens with zero attached hydrogens (tertiary/aromatic N) is 2. The van der Waals surface area contributed by atoms with E-state index in [-0.39, 0.29) is 0 Å². The van der Waals surface area contributed by atoms with Crippen molar-refractivity contribution in [2.24, 2.45) is 7.05 Å². The molecule has 1 aliphatic rings. The first-order valence-electron chi connectivity index (χ1n) is 6.41. The zero-order chi connectivity index (χ0) is 12.9. The van der Waals surface area contributed by atoms with E-state index < -0.39 is 0 Å². The fourth-order valence-corrected chi connectivity index (χ4v) is 2.91. The second-order valence-corrected chi connectivity index (χ2v) is 5.25. The maximum absolute atomic E-state index is 12.2. The van der Waals surface area contributed by atoms with Gasteiger partial charge in [-0.25, -0.2) is 0 Å². The summed E-state index contributed by atoms with van der Waals surface area (Å²) in [7, 11) is 6.12. The van der Waals surface area contributed by atoms with Crippen molar-refractivity contribution < 1.29 is 4.79 Å². The Balaban J connectivity index is 2.34. The van der Waals surface area contributed by atoms with Gasteiger partial charge in [0, 0.05) is 55.4 Å². The number of ketones is 1. The molecular weight excluding hydrogens is 224 g/mol. The Labute approximate surface area is 107 Å². The number of Topliss-reactive ketones (excluding diaryl/α,β-unsaturated/α-hetero) is 1. The van der Waals surface area contributed by atoms with Crippen LogP contribution in [0.3, 0.4) is 0 Å². The highest BCUT2D eigenvalue weighted by molar-refractivity contribution is 6.10. The molecule has 0 fully saturated rings. The van der Waals surface area contributed by atoms with Gasteiger partial charge in [-0.05, 0) is 31.0 Å². The molecule has 0 amide bonds. The number of hydrogen-bond donors (Lipinski definition) is 0. The minimum Gasteiger partial charge on any atom is -0.378 e. The van der Waals surface area contributed by atoms with E-state index in [0.29, 0.717) is 12.2 Å². The van der Waals surface area contributed by atoms with Crippen molar-refractivity contribution in [3.05, 3.63) is 29.5 Å². The maximum atomic E-state index is 12.2. The Morgan fingerprint density at radius 1 is 1.22 bits per heavy atom. The fourth-order valence-electron chi connectivity index (χ4n) is 2.91. The molecule has 3 heteroatoms. The summed E-state index contributed by atoms with van der Waals surface area (Å²) in [5.74, 6) is 0.303. The van der Waals surface area contributed by atoms with Crippen molar-refractivity contribution in [3.63, 3.8) is 0 Å². The van der Waals surface area contributed by atoms with Crippen molar-refractivity contribution >= 4 is 22.4 Å². The van der Waals surface area contributed by atoms with Crippen LogP contribution in [-0.2, 0) is 13.5 Å². The van der Waals surface area contributed by atoms with Gasteiger partial charge in [0.05, 0.1) is 0 Å². The molecule has 0 bridgehead atoms. The SMILES string of the molecule is CN(C)c1ccc2c(c1)c1c(n2C)CCCC1=O. The van der Waals surface area contributed by atoms with Crippen LogP contribution in [0.2, 0.25) is 0 Å². The van der Waals surface area contributed by atoms with Crippen molar-refractivity contribution in [3.8, 4) is 0 Å². The monoisotopic (exact) mass is 242 g/mol. The number of benzene rings is 1. The van der Waals surface area contributed by atoms with E-state index in [1.807, 2.05) is 14.1 Å². The van der Waals surface area contributed by atoms with Crippen LogP contribution < -0.4 is 4.90 Å². The third-order valence-corrected chi connectivity index (χ3v) is 3.92. The van der Waals surface area contributed by atoms with Gasteiger partial charge in [-0.15, -0.1) is 0 Å². The van der Waals surface area contributed by atoms with Gasteiger partial charge in [0.2, 0.25) is 0 Å². The molecule has 2 aromatic rings. The van der Waals surface area contributed by atoms with Crippen molar-refractivity contribution in [2.45, 2.75) is 19.3 Å². The van der Waals surface area contributed by atoms with Gasteiger partial charge in [0.15, 0.2) is 5.78 Å². The van der Waals surface area contributed by atoms with Gasteiger partial charge in [-0.1, -0.05) is 0 Å². The summed E-state index contributed by atoms with van der Waals surface area (Å²) in [5.41, 5.74) is 4.48. The third kappa shape index (κ3) is 1.47. The molecule has 1 aliphatic carbocycles. The van der Waals surface area contributed by atoms with Crippen LogP contribution in [0.15, 0.2) is 18.2 Å². The molecule has 0 spiro atoms. The third-order valence-electron chi connectivity index (χ3n) is 3.92. The van der Waals surface area contributed by atoms with Crippen molar-refractivity contribution in [1.82, 2.24) is 4.57 Å². The number of rotatable bonds is 1. The molecule has 1 aromatic carbocycles. The molecule has 0 aliphatic heterocycles. The number of fused-ring (bicyclic) bond motifs is 3. The van der Waals surface area contributed by atoms with E-state index in [0.717, 1.165) is 29.5 Å². The summed E-state index contributed by atoms with van der Waals surface area (Å²) in [6.45, 7) is 0. The lowest BCUT2D eigenvalue weighted by Crippen LogP contribution is -2.11. The van der Waals surface area contributed by atoms with Gasteiger partial charge in [0.25, 0.3) is 0 Å². The van der Waals surface area contributed by atoms with Crippen LogP contribution in [-0.4, -0.2) is 24.4 Å². The minimum atomic E-state index is 0.303. The largest absolute Gasteiger partial charge is 0.378 e. The van der Waals surface area contributed by atoms with Gasteiger partial charge < -0.3 is 9.47 Å². The molecule has 0 unspecified atom stereocenters. The lowest BCUT2D eigenvalue weighted by Gasteiger charge is -2.13. The summed E-state index contributed by atoms with van der Waals surface area (Å²) in [6.07, 6.45) is 2.69. The molecule has 94 valence electrons. The Morgan fingerprint density at radius 2 is 2.00 bits per heavy atom. The lowest BCUT2D eigenvalue weighted by molar-refractivity contribution is 0.0973. The summed E-state index contributed by atoms with van der Waals surface area (Å²) in [4.78, 5) is 14.2. The molecule has 3 nitrogen and oxygen atoms in total. The quantitative estimate of drug-likeness (QED) is 0.768. The standard InChI is InChI=1S/C15H18N2O/c1-16(2)10-7-8-12-11(9-10)15-13(17(12)3)5-4-6-14(15)18/h7-9H,4-6H2,1-3H3. The Morgan fingerprint density at radius 3 is 2.72 bits per heavy atom. The van der Waals surface area contributed by atoms with Gasteiger partial charge in [0.1, 0.15) is 0 Å². The number of hydrogen-bond acceptors (Lipinski definition) is 2. The Hall–Kier alpha value is -1.77. The smallest absolute Gasteiger partial charge is 0.165 e. The molecule has 3 rings (SSSR count). The maximum Gasteiger partial charge on any atom is 0.165 e. The zero-order valence-electron chi connectivity index (χ0n) is 11.2. The topological polar surface area (TPSA) is 25.2 Å². The summed E-state index contributed by atoms with van der Waals surface area (Å²) >= 11 is 0. The van der Waals surface area contributed by atoms with E-state index >= 15 is 0 Å². The van der Waals surface area contributed by atoms with Crippen LogP contribution in [0.25, 0.3) is 10.9 Å². The predicted molar refractivity (Wildman–Crippen MR) is 74.5 cm³/mol. The molecule has 0 saturated heterocycles. The molecule has 0 atom stereocenters. The number of aryl methyl sites for hydroxylation is 1. The van der Waals surface area contributed by atoms with Gasteiger partial charge >= 0.3 is 0 Å². The van der Waals surface area contributed by atoms with E-state index in [4.69, 9.17) is 0 Å². The summed E-state index contributed by atoms with van der Waals surface area (Å²) < 4.78 is 2.18. The first kappa shape index (κ1) is 11.3. The lowest BCUT2D eigenvalue weighted by atomic mass is 9.94. The van der Waals surface area contributed by atoms with Crippen molar-refractivity contribution in [2.75, 3.05) is 19.0 Å². The predicted octanol–water partition coefficient (Wildman–Crippen LogP) is 2.76. The van der Waals surface area contributed by atoms with Crippen LogP contribution in [0.5, 0.6) is 0 Å². The molecule has 1 aromatic heterocycles. The molecule has 18 heavy (non-hydrogen) atoms. The average Bonchev–Trinajstić information content (AvgIpc) is 2.64. The second-order valence-electron chi connectivity index (χ2n) is 5.25.